The number of rotatable bonds is 2. The first kappa shape index (κ1) is 16.5. The van der Waals surface area contributed by atoms with E-state index in [1.807, 2.05) is 0 Å². The number of nitrogens with zero attached hydrogens (tertiary/aromatic N) is 3. The summed E-state index contributed by atoms with van der Waals surface area (Å²) >= 11 is 6.17. The molecule has 4 rings (SSSR count). The molecule has 1 aliphatic heterocycles. The maximum atomic E-state index is 14.5. The van der Waals surface area contributed by atoms with Crippen molar-refractivity contribution in [3.8, 4) is 5.69 Å². The summed E-state index contributed by atoms with van der Waals surface area (Å²) in [7, 11) is 0. The Labute approximate surface area is 153 Å². The molecule has 2 aromatic carbocycles. The average Bonchev–Trinajstić information content (AvgIpc) is 3.01. The van der Waals surface area contributed by atoms with Crippen molar-refractivity contribution in [2.75, 3.05) is 0 Å². The van der Waals surface area contributed by atoms with Gasteiger partial charge in [-0.05, 0) is 37.3 Å². The summed E-state index contributed by atoms with van der Waals surface area (Å²) in [5, 5.41) is 9.93. The van der Waals surface area contributed by atoms with E-state index in [9.17, 15) is 14.3 Å². The lowest BCUT2D eigenvalue weighted by Gasteiger charge is -2.12. The second-order valence-corrected chi connectivity index (χ2v) is 6.39. The Kier molecular flexibility index (Phi) is 3.85. The van der Waals surface area contributed by atoms with Gasteiger partial charge in [0.05, 0.1) is 23.1 Å². The van der Waals surface area contributed by atoms with Crippen LogP contribution in [0.4, 0.5) is 4.39 Å². The van der Waals surface area contributed by atoms with E-state index in [4.69, 9.17) is 11.6 Å². The highest BCUT2D eigenvalue weighted by atomic mass is 35.5. The molecule has 0 bridgehead atoms. The molecule has 5 nitrogen and oxygen atoms in total. The molecule has 0 saturated carbocycles. The fourth-order valence-corrected chi connectivity index (χ4v) is 3.39. The summed E-state index contributed by atoms with van der Waals surface area (Å²) < 4.78 is 16.1. The maximum Gasteiger partial charge on any atom is 0.356 e. The third kappa shape index (κ3) is 2.50. The Bertz CT molecular complexity index is 1070. The molecule has 3 aromatic rings. The lowest BCUT2D eigenvalue weighted by Crippen LogP contribution is -2.09. The largest absolute Gasteiger partial charge is 0.476 e. The van der Waals surface area contributed by atoms with Crippen LogP contribution in [-0.2, 0) is 0 Å². The zero-order valence-electron chi connectivity index (χ0n) is 13.6. The first-order valence-corrected chi connectivity index (χ1v) is 8.28. The molecule has 0 amide bonds. The van der Waals surface area contributed by atoms with Crippen LogP contribution in [0.3, 0.4) is 0 Å². The normalized spacial score (nSPS) is 15.7. The molecule has 0 spiro atoms. The molecular formula is C19H13ClFN3O2. The minimum atomic E-state index is -1.13. The Morgan fingerprint density at radius 3 is 2.73 bits per heavy atom. The molecule has 1 N–H and O–H groups in total. The molecule has 1 aromatic heterocycles. The fourth-order valence-electron chi connectivity index (χ4n) is 3.21. The van der Waals surface area contributed by atoms with Crippen LogP contribution >= 0.6 is 11.6 Å². The molecule has 0 aliphatic carbocycles. The second kappa shape index (κ2) is 6.07. The molecule has 130 valence electrons. The van der Waals surface area contributed by atoms with Gasteiger partial charge in [0.15, 0.2) is 5.69 Å². The van der Waals surface area contributed by atoms with Crippen molar-refractivity contribution in [1.82, 2.24) is 9.55 Å². The summed E-state index contributed by atoms with van der Waals surface area (Å²) in [6.07, 6.45) is 1.45. The molecule has 0 fully saturated rings. The number of hydrogen-bond acceptors (Lipinski definition) is 3. The van der Waals surface area contributed by atoms with Crippen molar-refractivity contribution in [1.29, 1.82) is 0 Å². The molecule has 0 unspecified atom stereocenters. The van der Waals surface area contributed by atoms with E-state index < -0.39 is 17.8 Å². The van der Waals surface area contributed by atoms with Crippen molar-refractivity contribution in [2.45, 2.75) is 13.0 Å². The molecule has 2 heterocycles. The van der Waals surface area contributed by atoms with Gasteiger partial charge in [-0.2, -0.15) is 0 Å². The minimum Gasteiger partial charge on any atom is -0.476 e. The van der Waals surface area contributed by atoms with Crippen LogP contribution in [0.1, 0.15) is 40.3 Å². The SMILES string of the molecule is C[C@H]1N=C(c2ccccc2F)c2cc(Cl)ccc2-n2cnc(C(=O)O)c21. The number of aromatic nitrogens is 2. The van der Waals surface area contributed by atoms with Gasteiger partial charge in [-0.3, -0.25) is 9.56 Å². The predicted octanol–water partition coefficient (Wildman–Crippen LogP) is 4.28. The van der Waals surface area contributed by atoms with Gasteiger partial charge < -0.3 is 5.11 Å². The summed E-state index contributed by atoms with van der Waals surface area (Å²) in [6, 6.07) is 10.9. The molecule has 1 aliphatic rings. The van der Waals surface area contributed by atoms with E-state index >= 15 is 0 Å². The van der Waals surface area contributed by atoms with E-state index in [1.165, 1.54) is 12.4 Å². The van der Waals surface area contributed by atoms with Crippen molar-refractivity contribution in [3.05, 3.63) is 82.1 Å². The highest BCUT2D eigenvalue weighted by Crippen LogP contribution is 2.34. The summed E-state index contributed by atoms with van der Waals surface area (Å²) in [5.41, 5.74) is 2.38. The van der Waals surface area contributed by atoms with E-state index in [-0.39, 0.29) is 5.69 Å². The number of imidazole rings is 1. The smallest absolute Gasteiger partial charge is 0.356 e. The van der Waals surface area contributed by atoms with E-state index in [1.54, 1.807) is 47.9 Å². The van der Waals surface area contributed by atoms with Gasteiger partial charge in [0.2, 0.25) is 0 Å². The molecular weight excluding hydrogens is 357 g/mol. The van der Waals surface area contributed by atoms with Gasteiger partial charge in [-0.1, -0.05) is 23.7 Å². The highest BCUT2D eigenvalue weighted by Gasteiger charge is 2.29. The summed E-state index contributed by atoms with van der Waals surface area (Å²) in [4.78, 5) is 20.2. The van der Waals surface area contributed by atoms with Crippen molar-refractivity contribution in [3.63, 3.8) is 0 Å². The quantitative estimate of drug-likeness (QED) is 0.733. The van der Waals surface area contributed by atoms with Crippen molar-refractivity contribution < 1.29 is 14.3 Å². The zero-order valence-corrected chi connectivity index (χ0v) is 14.4. The van der Waals surface area contributed by atoms with Gasteiger partial charge in [0, 0.05) is 16.1 Å². The number of carboxylic acids is 1. The van der Waals surface area contributed by atoms with Crippen LogP contribution in [0.15, 0.2) is 53.8 Å². The van der Waals surface area contributed by atoms with Crippen LogP contribution in [0, 0.1) is 5.82 Å². The molecule has 1 atom stereocenters. The van der Waals surface area contributed by atoms with Crippen molar-refractivity contribution in [2.24, 2.45) is 4.99 Å². The van der Waals surface area contributed by atoms with Crippen LogP contribution in [0.2, 0.25) is 5.02 Å². The van der Waals surface area contributed by atoms with Gasteiger partial charge in [-0.15, -0.1) is 0 Å². The lowest BCUT2D eigenvalue weighted by atomic mass is 10.00. The molecule has 26 heavy (non-hydrogen) atoms. The second-order valence-electron chi connectivity index (χ2n) is 5.95. The number of halogens is 2. The van der Waals surface area contributed by atoms with E-state index in [0.717, 1.165) is 0 Å². The first-order valence-electron chi connectivity index (χ1n) is 7.91. The Morgan fingerprint density at radius 1 is 1.23 bits per heavy atom. The number of carboxylic acid groups (broad SMARTS) is 1. The number of benzene rings is 2. The third-order valence-corrected chi connectivity index (χ3v) is 4.56. The van der Waals surface area contributed by atoms with Crippen LogP contribution < -0.4 is 0 Å². The lowest BCUT2D eigenvalue weighted by molar-refractivity contribution is 0.0689. The van der Waals surface area contributed by atoms with Gasteiger partial charge >= 0.3 is 5.97 Å². The first-order chi connectivity index (χ1) is 12.5. The zero-order chi connectivity index (χ0) is 18.4. The molecule has 0 saturated heterocycles. The number of carbonyl (C=O) groups is 1. The van der Waals surface area contributed by atoms with Crippen molar-refractivity contribution >= 4 is 23.3 Å². The number of aliphatic imine (C=N–C) groups is 1. The molecule has 7 heteroatoms. The third-order valence-electron chi connectivity index (χ3n) is 4.33. The minimum absolute atomic E-state index is 0.0723. The van der Waals surface area contributed by atoms with Gasteiger partial charge in [-0.25, -0.2) is 14.2 Å². The van der Waals surface area contributed by atoms with E-state index in [2.05, 4.69) is 9.98 Å². The topological polar surface area (TPSA) is 67.5 Å². The standard InChI is InChI=1S/C19H13ClFN3O2/c1-10-18-17(19(25)26)22-9-24(18)15-7-6-11(20)8-13(15)16(23-10)12-4-2-3-5-14(12)21/h2-10H,1H3,(H,25,26)/t10-/m1/s1. The summed E-state index contributed by atoms with van der Waals surface area (Å²) in [5.74, 6) is -1.54. The highest BCUT2D eigenvalue weighted by molar-refractivity contribution is 6.31. The maximum absolute atomic E-state index is 14.5. The van der Waals surface area contributed by atoms with Crippen LogP contribution in [-0.4, -0.2) is 26.3 Å². The number of hydrogen-bond donors (Lipinski definition) is 1. The fraction of sp³-hybridized carbons (Fsp3) is 0.105. The van der Waals surface area contributed by atoms with Crippen LogP contribution in [0.5, 0.6) is 0 Å². The molecule has 0 radical (unpaired) electrons. The summed E-state index contributed by atoms with van der Waals surface area (Å²) in [6.45, 7) is 1.76. The Morgan fingerprint density at radius 2 is 2.00 bits per heavy atom. The van der Waals surface area contributed by atoms with E-state index in [0.29, 0.717) is 33.2 Å². The average molecular weight is 370 g/mol. The van der Waals surface area contributed by atoms with Gasteiger partial charge in [0.1, 0.15) is 12.1 Å². The van der Waals surface area contributed by atoms with Gasteiger partial charge in [0.25, 0.3) is 0 Å². The Balaban J connectivity index is 2.07. The Hall–Kier alpha value is -2.99. The predicted molar refractivity (Wildman–Crippen MR) is 96.0 cm³/mol. The number of fused-ring (bicyclic) bond motifs is 3. The van der Waals surface area contributed by atoms with Crippen LogP contribution in [0.25, 0.3) is 5.69 Å². The monoisotopic (exact) mass is 369 g/mol. The number of aromatic carboxylic acids is 1.